The molecule has 0 atom stereocenters. The van der Waals surface area contributed by atoms with Gasteiger partial charge in [-0.2, -0.15) is 5.10 Å². The van der Waals surface area contributed by atoms with E-state index in [1.807, 2.05) is 31.4 Å². The van der Waals surface area contributed by atoms with Crippen LogP contribution in [0.2, 0.25) is 0 Å². The van der Waals surface area contributed by atoms with Crippen LogP contribution in [-0.2, 0) is 0 Å². The molecule has 0 saturated heterocycles. The summed E-state index contributed by atoms with van der Waals surface area (Å²) in [4.78, 5) is 5.36. The van der Waals surface area contributed by atoms with Crippen molar-refractivity contribution in [3.63, 3.8) is 0 Å². The van der Waals surface area contributed by atoms with Crippen molar-refractivity contribution in [2.75, 3.05) is 0 Å². The molecule has 130 valence electrons. The molecule has 5 nitrogen and oxygen atoms in total. The normalized spacial score (nSPS) is 12.6. The van der Waals surface area contributed by atoms with Crippen LogP contribution in [-0.4, -0.2) is 22.0 Å². The van der Waals surface area contributed by atoms with E-state index in [9.17, 15) is 5.11 Å². The van der Waals surface area contributed by atoms with Gasteiger partial charge < -0.3 is 9.52 Å². The number of aromatic hydroxyl groups is 1. The van der Waals surface area contributed by atoms with Crippen LogP contribution in [0.4, 0.5) is 0 Å². The van der Waals surface area contributed by atoms with Gasteiger partial charge in [-0.3, -0.25) is 4.99 Å². The van der Waals surface area contributed by atoms with Gasteiger partial charge in [0.2, 0.25) is 4.80 Å². The fraction of sp³-hybridized carbons (Fsp3) is 0.176. The van der Waals surface area contributed by atoms with Crippen LogP contribution >= 0.6 is 43.2 Å². The first-order chi connectivity index (χ1) is 12.0. The molecule has 0 bridgehead atoms. The molecule has 8 heteroatoms. The average molecular weight is 485 g/mol. The summed E-state index contributed by atoms with van der Waals surface area (Å²) in [6.45, 7) is 4.02. The molecule has 0 aliphatic heterocycles. The van der Waals surface area contributed by atoms with E-state index in [1.165, 1.54) is 11.3 Å². The quantitative estimate of drug-likeness (QED) is 0.515. The molecule has 0 radical (unpaired) electrons. The fourth-order valence-corrected chi connectivity index (χ4v) is 4.33. The largest absolute Gasteiger partial charge is 0.506 e. The van der Waals surface area contributed by atoms with Crippen molar-refractivity contribution < 1.29 is 9.52 Å². The van der Waals surface area contributed by atoms with Gasteiger partial charge >= 0.3 is 0 Å². The van der Waals surface area contributed by atoms with Gasteiger partial charge in [-0.15, -0.1) is 11.3 Å². The Hall–Kier alpha value is -1.64. The van der Waals surface area contributed by atoms with Crippen molar-refractivity contribution in [2.45, 2.75) is 19.9 Å². The summed E-state index contributed by atoms with van der Waals surface area (Å²) in [6.07, 6.45) is 3.22. The predicted molar refractivity (Wildman–Crippen MR) is 107 cm³/mol. The molecule has 1 aromatic carbocycles. The molecule has 3 aromatic rings. The monoisotopic (exact) mass is 483 g/mol. The maximum atomic E-state index is 10.2. The van der Waals surface area contributed by atoms with Crippen molar-refractivity contribution in [1.82, 2.24) is 4.68 Å². The minimum atomic E-state index is 0.129. The second kappa shape index (κ2) is 7.72. The Morgan fingerprint density at radius 3 is 2.80 bits per heavy atom. The molecular formula is C17H15Br2N3O2S. The first-order valence-electron chi connectivity index (χ1n) is 7.46. The number of benzene rings is 1. The molecule has 0 saturated carbocycles. The zero-order valence-corrected chi connectivity index (χ0v) is 17.5. The van der Waals surface area contributed by atoms with E-state index >= 15 is 0 Å². The average Bonchev–Trinajstić information content (AvgIpc) is 3.18. The van der Waals surface area contributed by atoms with Crippen molar-refractivity contribution in [2.24, 2.45) is 10.1 Å². The highest BCUT2D eigenvalue weighted by Crippen LogP contribution is 2.30. The smallest absolute Gasteiger partial charge is 0.206 e. The van der Waals surface area contributed by atoms with Crippen LogP contribution in [0.25, 0.3) is 11.5 Å². The summed E-state index contributed by atoms with van der Waals surface area (Å²) in [6, 6.07) is 7.41. The highest BCUT2D eigenvalue weighted by atomic mass is 79.9. The standard InChI is InChI=1S/C17H15Br2N3O2S/c1-10(2)21-17-22(14(9-25-17)15-4-3-5-24-15)20-8-11-6-12(18)7-13(19)16(11)23/h3-10,23H,1-2H3. The maximum absolute atomic E-state index is 10.2. The summed E-state index contributed by atoms with van der Waals surface area (Å²) < 4.78 is 8.65. The van der Waals surface area contributed by atoms with Crippen LogP contribution in [0.5, 0.6) is 5.75 Å². The molecular weight excluding hydrogens is 470 g/mol. The van der Waals surface area contributed by atoms with Crippen molar-refractivity contribution in [3.8, 4) is 17.2 Å². The van der Waals surface area contributed by atoms with Crippen molar-refractivity contribution in [1.29, 1.82) is 0 Å². The number of hydrogen-bond donors (Lipinski definition) is 1. The number of thiazole rings is 1. The lowest BCUT2D eigenvalue weighted by Gasteiger charge is -2.04. The summed E-state index contributed by atoms with van der Waals surface area (Å²) in [5.41, 5.74) is 1.39. The molecule has 2 aromatic heterocycles. The summed E-state index contributed by atoms with van der Waals surface area (Å²) in [5.74, 6) is 0.836. The molecule has 0 spiro atoms. The maximum Gasteiger partial charge on any atom is 0.206 e. The van der Waals surface area contributed by atoms with Crippen LogP contribution in [0, 0.1) is 0 Å². The Bertz CT molecular complexity index is 972. The molecule has 1 N–H and O–H groups in total. The van der Waals surface area contributed by atoms with Crippen LogP contribution in [0.1, 0.15) is 19.4 Å². The van der Waals surface area contributed by atoms with E-state index in [0.29, 0.717) is 15.8 Å². The first-order valence-corrected chi connectivity index (χ1v) is 9.93. The molecule has 3 rings (SSSR count). The Kier molecular flexibility index (Phi) is 5.61. The van der Waals surface area contributed by atoms with Crippen LogP contribution in [0.15, 0.2) is 59.4 Å². The minimum Gasteiger partial charge on any atom is -0.506 e. The van der Waals surface area contributed by atoms with E-state index in [2.05, 4.69) is 42.0 Å². The van der Waals surface area contributed by atoms with Crippen molar-refractivity contribution in [3.05, 3.63) is 55.2 Å². The SMILES string of the molecule is CC(C)N=c1scc(-c2ccco2)n1N=Cc1cc(Br)cc(Br)c1O. The third-order valence-corrected chi connectivity index (χ3v) is 5.09. The summed E-state index contributed by atoms with van der Waals surface area (Å²) in [7, 11) is 0. The summed E-state index contributed by atoms with van der Waals surface area (Å²) in [5, 5.41) is 16.7. The van der Waals surface area contributed by atoms with Gasteiger partial charge in [-0.05, 0) is 54.0 Å². The van der Waals surface area contributed by atoms with E-state index in [1.54, 1.807) is 29.3 Å². The number of furan rings is 1. The highest BCUT2D eigenvalue weighted by Gasteiger charge is 2.11. The number of hydrogen-bond acceptors (Lipinski definition) is 5. The molecule has 0 aliphatic carbocycles. The Balaban J connectivity index is 2.12. The lowest BCUT2D eigenvalue weighted by atomic mass is 10.2. The number of halogens is 2. The minimum absolute atomic E-state index is 0.129. The Morgan fingerprint density at radius 2 is 2.12 bits per heavy atom. The molecule has 25 heavy (non-hydrogen) atoms. The van der Waals surface area contributed by atoms with Gasteiger partial charge in [0, 0.05) is 21.5 Å². The molecule has 0 fully saturated rings. The van der Waals surface area contributed by atoms with Crippen LogP contribution < -0.4 is 4.80 Å². The molecule has 0 amide bonds. The van der Waals surface area contributed by atoms with Gasteiger partial charge in [0.1, 0.15) is 11.4 Å². The van der Waals surface area contributed by atoms with E-state index in [-0.39, 0.29) is 11.8 Å². The first kappa shape index (κ1) is 18.2. The van der Waals surface area contributed by atoms with Crippen molar-refractivity contribution >= 4 is 49.4 Å². The lowest BCUT2D eigenvalue weighted by Crippen LogP contribution is -2.14. The second-order valence-corrected chi connectivity index (χ2v) is 8.09. The molecule has 0 unspecified atom stereocenters. The lowest BCUT2D eigenvalue weighted by molar-refractivity contribution is 0.471. The van der Waals surface area contributed by atoms with Gasteiger partial charge in [0.25, 0.3) is 0 Å². The fourth-order valence-electron chi connectivity index (χ4n) is 2.12. The van der Waals surface area contributed by atoms with Gasteiger partial charge in [0.05, 0.1) is 17.0 Å². The van der Waals surface area contributed by atoms with Crippen LogP contribution in [0.3, 0.4) is 0 Å². The Morgan fingerprint density at radius 1 is 1.32 bits per heavy atom. The number of phenolic OH excluding ortho intramolecular Hbond substituents is 1. The zero-order chi connectivity index (χ0) is 18.0. The Labute approximate surface area is 165 Å². The molecule has 2 heterocycles. The highest BCUT2D eigenvalue weighted by molar-refractivity contribution is 9.11. The van der Waals surface area contributed by atoms with E-state index in [4.69, 9.17) is 4.42 Å². The van der Waals surface area contributed by atoms with Gasteiger partial charge in [0.15, 0.2) is 5.76 Å². The molecule has 0 aliphatic rings. The number of aromatic nitrogens is 1. The second-order valence-electron chi connectivity index (χ2n) is 5.49. The number of nitrogens with zero attached hydrogens (tertiary/aromatic N) is 3. The topological polar surface area (TPSA) is 63.0 Å². The zero-order valence-electron chi connectivity index (χ0n) is 13.5. The third kappa shape index (κ3) is 4.13. The van der Waals surface area contributed by atoms with E-state index in [0.717, 1.165) is 15.0 Å². The predicted octanol–water partition coefficient (Wildman–Crippen LogP) is 5.23. The third-order valence-electron chi connectivity index (χ3n) is 3.20. The number of rotatable bonds is 4. The number of phenols is 1. The van der Waals surface area contributed by atoms with Gasteiger partial charge in [-0.1, -0.05) is 15.9 Å². The summed E-state index contributed by atoms with van der Waals surface area (Å²) >= 11 is 8.24. The van der Waals surface area contributed by atoms with Gasteiger partial charge in [-0.25, -0.2) is 4.68 Å². The van der Waals surface area contributed by atoms with E-state index < -0.39 is 0 Å².